The van der Waals surface area contributed by atoms with Crippen molar-refractivity contribution >= 4 is 35.0 Å². The van der Waals surface area contributed by atoms with E-state index >= 15 is 0 Å². The molecule has 2 nitrogen and oxygen atoms in total. The normalized spacial score (nSPS) is 11.0. The van der Waals surface area contributed by atoms with Crippen LogP contribution < -0.4 is 0 Å². The molecule has 1 aromatic heterocycles. The summed E-state index contributed by atoms with van der Waals surface area (Å²) in [5, 5.41) is 0.0231. The van der Waals surface area contributed by atoms with Crippen molar-refractivity contribution < 1.29 is 4.39 Å². The van der Waals surface area contributed by atoms with Gasteiger partial charge in [-0.25, -0.2) is 14.4 Å². The van der Waals surface area contributed by atoms with Gasteiger partial charge in [0.2, 0.25) is 0 Å². The van der Waals surface area contributed by atoms with E-state index in [2.05, 4.69) is 23.8 Å². The van der Waals surface area contributed by atoms with Gasteiger partial charge in [0.05, 0.1) is 5.75 Å². The van der Waals surface area contributed by atoms with Crippen LogP contribution in [0.25, 0.3) is 0 Å². The van der Waals surface area contributed by atoms with Crippen molar-refractivity contribution in [1.29, 1.82) is 0 Å². The van der Waals surface area contributed by atoms with Crippen LogP contribution in [0.2, 0.25) is 10.3 Å². The minimum atomic E-state index is -0.758. The molecule has 1 heterocycles. The number of halogens is 3. The summed E-state index contributed by atoms with van der Waals surface area (Å²) in [5.41, 5.74) is 0. The molecule has 6 heteroatoms. The first kappa shape index (κ1) is 12.0. The first-order chi connectivity index (χ1) is 6.50. The fourth-order valence-electron chi connectivity index (χ4n) is 0.741. The van der Waals surface area contributed by atoms with Crippen molar-refractivity contribution in [3.05, 3.63) is 21.9 Å². The van der Waals surface area contributed by atoms with Gasteiger partial charge < -0.3 is 0 Å². The molecule has 0 bridgehead atoms. The summed E-state index contributed by atoms with van der Waals surface area (Å²) in [7, 11) is 0. The zero-order chi connectivity index (χ0) is 10.7. The number of thioether (sulfide) groups is 1. The predicted octanol–water partition coefficient (Wildman–Crippen LogP) is 3.56. The fraction of sp³-hybridized carbons (Fsp3) is 0.500. The van der Waals surface area contributed by atoms with Gasteiger partial charge >= 0.3 is 0 Å². The van der Waals surface area contributed by atoms with Gasteiger partial charge in [0, 0.05) is 0 Å². The van der Waals surface area contributed by atoms with Crippen molar-refractivity contribution in [2.24, 2.45) is 0 Å². The highest BCUT2D eigenvalue weighted by molar-refractivity contribution is 7.99. The van der Waals surface area contributed by atoms with Crippen LogP contribution in [0.5, 0.6) is 0 Å². The molecule has 0 fully saturated rings. The Bertz CT molecular complexity index is 310. The van der Waals surface area contributed by atoms with Gasteiger partial charge in [0.25, 0.3) is 0 Å². The van der Waals surface area contributed by atoms with Crippen LogP contribution >= 0.6 is 35.0 Å². The molecule has 0 aliphatic heterocycles. The van der Waals surface area contributed by atoms with Gasteiger partial charge in [-0.2, -0.15) is 11.8 Å². The molecule has 0 aromatic carbocycles. The number of hydrogen-bond donors (Lipinski definition) is 0. The Morgan fingerprint density at radius 1 is 1.29 bits per heavy atom. The van der Waals surface area contributed by atoms with E-state index in [-0.39, 0.29) is 10.3 Å². The van der Waals surface area contributed by atoms with Crippen molar-refractivity contribution in [2.75, 3.05) is 0 Å². The standard InChI is InChI=1S/C8H9Cl2FN2S/c1-4(2)14-3-5-12-7(9)6(11)8(10)13-5/h4H,3H2,1-2H3. The number of aromatic nitrogens is 2. The largest absolute Gasteiger partial charge is 0.217 e. The lowest BCUT2D eigenvalue weighted by Gasteiger charge is -2.04. The minimum Gasteiger partial charge on any atom is -0.217 e. The van der Waals surface area contributed by atoms with E-state index in [1.54, 1.807) is 11.8 Å². The van der Waals surface area contributed by atoms with Crippen LogP contribution in [0.1, 0.15) is 19.7 Å². The van der Waals surface area contributed by atoms with Crippen LogP contribution in [-0.4, -0.2) is 15.2 Å². The molecule has 1 rings (SSSR count). The average Bonchev–Trinajstić information content (AvgIpc) is 2.10. The molecule has 0 aliphatic rings. The molecule has 0 spiro atoms. The SMILES string of the molecule is CC(C)SCc1nc(Cl)c(F)c(Cl)n1. The molecule has 0 radical (unpaired) electrons. The predicted molar refractivity (Wildman–Crippen MR) is 58.4 cm³/mol. The van der Waals surface area contributed by atoms with E-state index in [4.69, 9.17) is 23.2 Å². The summed E-state index contributed by atoms with van der Waals surface area (Å²) < 4.78 is 12.9. The van der Waals surface area contributed by atoms with Crippen molar-refractivity contribution in [2.45, 2.75) is 24.9 Å². The lowest BCUT2D eigenvalue weighted by molar-refractivity contribution is 0.611. The van der Waals surface area contributed by atoms with Crippen molar-refractivity contribution in [3.8, 4) is 0 Å². The van der Waals surface area contributed by atoms with Crippen molar-refractivity contribution in [3.63, 3.8) is 0 Å². The molecule has 0 saturated carbocycles. The van der Waals surface area contributed by atoms with Gasteiger partial charge in [-0.05, 0) is 5.25 Å². The highest BCUT2D eigenvalue weighted by Gasteiger charge is 2.11. The lowest BCUT2D eigenvalue weighted by Crippen LogP contribution is -1.99. The van der Waals surface area contributed by atoms with E-state index in [1.165, 1.54) is 0 Å². The maximum atomic E-state index is 12.9. The monoisotopic (exact) mass is 254 g/mol. The quantitative estimate of drug-likeness (QED) is 0.772. The molecule has 0 saturated heterocycles. The second-order valence-corrected chi connectivity index (χ2v) is 5.18. The minimum absolute atomic E-state index is 0.218. The fourth-order valence-corrected chi connectivity index (χ4v) is 1.77. The molecule has 1 aromatic rings. The van der Waals surface area contributed by atoms with Crippen LogP contribution in [0.15, 0.2) is 0 Å². The summed E-state index contributed by atoms with van der Waals surface area (Å²) in [5.74, 6) is 0.281. The van der Waals surface area contributed by atoms with Crippen LogP contribution in [0, 0.1) is 5.82 Å². The third kappa shape index (κ3) is 3.26. The number of rotatable bonds is 3. The second-order valence-electron chi connectivity index (χ2n) is 2.90. The van der Waals surface area contributed by atoms with Crippen LogP contribution in [-0.2, 0) is 5.75 Å². The third-order valence-electron chi connectivity index (χ3n) is 1.36. The van der Waals surface area contributed by atoms with E-state index in [0.29, 0.717) is 16.8 Å². The van der Waals surface area contributed by atoms with Crippen LogP contribution in [0.3, 0.4) is 0 Å². The average molecular weight is 255 g/mol. The molecular formula is C8H9Cl2FN2S. The summed E-state index contributed by atoms with van der Waals surface area (Å²) >= 11 is 12.7. The van der Waals surface area contributed by atoms with Gasteiger partial charge in [0.1, 0.15) is 5.82 Å². The Labute approximate surface area is 96.2 Å². The van der Waals surface area contributed by atoms with Crippen molar-refractivity contribution in [1.82, 2.24) is 9.97 Å². The summed E-state index contributed by atoms with van der Waals surface area (Å²) in [4.78, 5) is 7.56. The first-order valence-corrected chi connectivity index (χ1v) is 5.80. The molecule has 14 heavy (non-hydrogen) atoms. The maximum absolute atomic E-state index is 12.9. The Morgan fingerprint density at radius 2 is 1.79 bits per heavy atom. The van der Waals surface area contributed by atoms with E-state index in [0.717, 1.165) is 0 Å². The van der Waals surface area contributed by atoms with Gasteiger partial charge in [-0.3, -0.25) is 0 Å². The Hall–Kier alpha value is -0.0600. The third-order valence-corrected chi connectivity index (χ3v) is 2.95. The molecule has 78 valence electrons. The van der Waals surface area contributed by atoms with Gasteiger partial charge in [-0.1, -0.05) is 37.0 Å². The molecule has 0 N–H and O–H groups in total. The summed E-state index contributed by atoms with van der Waals surface area (Å²) in [6.07, 6.45) is 0. The highest BCUT2D eigenvalue weighted by atomic mass is 35.5. The molecule has 0 aliphatic carbocycles. The molecule has 0 amide bonds. The zero-order valence-corrected chi connectivity index (χ0v) is 10.0. The topological polar surface area (TPSA) is 25.8 Å². The van der Waals surface area contributed by atoms with E-state index < -0.39 is 5.82 Å². The number of hydrogen-bond acceptors (Lipinski definition) is 3. The second kappa shape index (κ2) is 5.14. The maximum Gasteiger partial charge on any atom is 0.197 e. The Balaban J connectivity index is 2.79. The Morgan fingerprint density at radius 3 is 2.21 bits per heavy atom. The zero-order valence-electron chi connectivity index (χ0n) is 7.72. The highest BCUT2D eigenvalue weighted by Crippen LogP contribution is 2.21. The number of nitrogens with zero attached hydrogens (tertiary/aromatic N) is 2. The molecular weight excluding hydrogens is 246 g/mol. The Kier molecular flexibility index (Phi) is 4.41. The first-order valence-electron chi connectivity index (χ1n) is 3.99. The lowest BCUT2D eigenvalue weighted by atomic mass is 10.6. The van der Waals surface area contributed by atoms with Gasteiger partial charge in [-0.15, -0.1) is 0 Å². The van der Waals surface area contributed by atoms with E-state index in [1.807, 2.05) is 0 Å². The summed E-state index contributed by atoms with van der Waals surface area (Å²) in [6.45, 7) is 4.11. The van der Waals surface area contributed by atoms with E-state index in [9.17, 15) is 4.39 Å². The summed E-state index contributed by atoms with van der Waals surface area (Å²) in [6, 6.07) is 0. The smallest absolute Gasteiger partial charge is 0.197 e. The molecule has 0 atom stereocenters. The van der Waals surface area contributed by atoms with Gasteiger partial charge in [0.15, 0.2) is 16.1 Å². The van der Waals surface area contributed by atoms with Crippen LogP contribution in [0.4, 0.5) is 4.39 Å². The molecule has 0 unspecified atom stereocenters.